The normalized spacial score (nSPS) is 11.1. The number of hydrogen-bond acceptors (Lipinski definition) is 4. The fourth-order valence-electron chi connectivity index (χ4n) is 2.95. The predicted octanol–water partition coefficient (Wildman–Crippen LogP) is 3.43. The molecule has 0 spiro atoms. The number of hydrogen-bond donors (Lipinski definition) is 1. The molecule has 0 aliphatic rings. The van der Waals surface area contributed by atoms with Gasteiger partial charge in [-0.25, -0.2) is 9.97 Å². The number of rotatable bonds is 3. The van der Waals surface area contributed by atoms with E-state index in [2.05, 4.69) is 56.3 Å². The molecule has 0 atom stereocenters. The second kappa shape index (κ2) is 5.49. The molecular weight excluding hydrogens is 300 g/mol. The molecular formula is C18H18N6. The number of aryl methyl sites for hydroxylation is 2. The molecule has 0 aliphatic heterocycles. The van der Waals surface area contributed by atoms with Crippen LogP contribution in [0.25, 0.3) is 22.2 Å². The molecule has 0 aliphatic carbocycles. The van der Waals surface area contributed by atoms with Gasteiger partial charge in [0.05, 0.1) is 24.2 Å². The molecule has 0 radical (unpaired) electrons. The van der Waals surface area contributed by atoms with Crippen LogP contribution in [0.3, 0.4) is 0 Å². The summed E-state index contributed by atoms with van der Waals surface area (Å²) in [5, 5.41) is 6.86. The lowest BCUT2D eigenvalue weighted by atomic mass is 10.0. The zero-order chi connectivity index (χ0) is 16.7. The minimum absolute atomic E-state index is 0.894. The Kier molecular flexibility index (Phi) is 3.30. The summed E-state index contributed by atoms with van der Waals surface area (Å²) in [6, 6.07) is 8.45. The molecule has 0 saturated heterocycles. The van der Waals surface area contributed by atoms with Crippen LogP contribution in [0.15, 0.2) is 49.2 Å². The Bertz CT molecular complexity index is 1000. The SMILES string of the molecule is Cc1cc(-c2cn[nH]c2)ccc1N(C)c1cc2c(cn1)ncn2C. The Morgan fingerprint density at radius 2 is 1.96 bits per heavy atom. The van der Waals surface area contributed by atoms with E-state index in [1.54, 1.807) is 6.33 Å². The van der Waals surface area contributed by atoms with Crippen molar-refractivity contribution < 1.29 is 0 Å². The molecule has 4 aromatic rings. The van der Waals surface area contributed by atoms with Gasteiger partial charge in [0.15, 0.2) is 0 Å². The molecule has 0 unspecified atom stereocenters. The van der Waals surface area contributed by atoms with Gasteiger partial charge < -0.3 is 9.47 Å². The van der Waals surface area contributed by atoms with Crippen molar-refractivity contribution in [2.45, 2.75) is 6.92 Å². The van der Waals surface area contributed by atoms with E-state index < -0.39 is 0 Å². The van der Waals surface area contributed by atoms with Crippen molar-refractivity contribution in [2.24, 2.45) is 7.05 Å². The topological polar surface area (TPSA) is 62.6 Å². The lowest BCUT2D eigenvalue weighted by molar-refractivity contribution is 0.946. The van der Waals surface area contributed by atoms with E-state index in [0.717, 1.165) is 33.7 Å². The summed E-state index contributed by atoms with van der Waals surface area (Å²) < 4.78 is 2.00. The first-order valence-electron chi connectivity index (χ1n) is 7.74. The van der Waals surface area contributed by atoms with Gasteiger partial charge in [-0.1, -0.05) is 6.07 Å². The molecule has 6 heteroatoms. The highest BCUT2D eigenvalue weighted by molar-refractivity contribution is 5.79. The van der Waals surface area contributed by atoms with E-state index in [0.29, 0.717) is 0 Å². The van der Waals surface area contributed by atoms with Crippen molar-refractivity contribution in [2.75, 3.05) is 11.9 Å². The lowest BCUT2D eigenvalue weighted by Crippen LogP contribution is -2.12. The predicted molar refractivity (Wildman–Crippen MR) is 95.3 cm³/mol. The van der Waals surface area contributed by atoms with E-state index in [4.69, 9.17) is 0 Å². The first-order valence-corrected chi connectivity index (χ1v) is 7.74. The maximum Gasteiger partial charge on any atom is 0.134 e. The molecule has 4 rings (SSSR count). The molecule has 0 saturated carbocycles. The summed E-state index contributed by atoms with van der Waals surface area (Å²) >= 11 is 0. The lowest BCUT2D eigenvalue weighted by Gasteiger charge is -2.21. The van der Waals surface area contributed by atoms with E-state index in [9.17, 15) is 0 Å². The molecule has 3 heterocycles. The number of aromatic nitrogens is 5. The zero-order valence-electron chi connectivity index (χ0n) is 13.9. The summed E-state index contributed by atoms with van der Waals surface area (Å²) in [6.45, 7) is 2.11. The van der Waals surface area contributed by atoms with E-state index in [1.807, 2.05) is 37.3 Å². The molecule has 6 nitrogen and oxygen atoms in total. The van der Waals surface area contributed by atoms with Gasteiger partial charge in [0, 0.05) is 37.6 Å². The first-order chi connectivity index (χ1) is 11.6. The molecule has 120 valence electrons. The van der Waals surface area contributed by atoms with Gasteiger partial charge in [0.25, 0.3) is 0 Å². The van der Waals surface area contributed by atoms with Crippen molar-refractivity contribution in [3.8, 4) is 11.1 Å². The van der Waals surface area contributed by atoms with Crippen LogP contribution in [0.5, 0.6) is 0 Å². The smallest absolute Gasteiger partial charge is 0.134 e. The minimum atomic E-state index is 0.894. The maximum atomic E-state index is 4.55. The van der Waals surface area contributed by atoms with Gasteiger partial charge in [-0.05, 0) is 30.2 Å². The van der Waals surface area contributed by atoms with Crippen molar-refractivity contribution in [3.05, 3.63) is 54.7 Å². The number of nitrogens with one attached hydrogen (secondary N) is 1. The third-order valence-electron chi connectivity index (χ3n) is 4.33. The van der Waals surface area contributed by atoms with Gasteiger partial charge >= 0.3 is 0 Å². The third-order valence-corrected chi connectivity index (χ3v) is 4.33. The summed E-state index contributed by atoms with van der Waals surface area (Å²) in [7, 11) is 4.02. The third kappa shape index (κ3) is 2.32. The number of imidazole rings is 1. The van der Waals surface area contributed by atoms with Gasteiger partial charge in [-0.2, -0.15) is 5.10 Å². The standard InChI is InChI=1S/C18H18N6/c1-12-6-13(14-8-21-22-9-14)4-5-16(12)24(3)18-7-17-15(10-19-18)20-11-23(17)2/h4-11H,1-3H3,(H,21,22). The summed E-state index contributed by atoms with van der Waals surface area (Å²) in [5.41, 5.74) is 6.51. The van der Waals surface area contributed by atoms with E-state index >= 15 is 0 Å². The van der Waals surface area contributed by atoms with Gasteiger partial charge in [-0.3, -0.25) is 5.10 Å². The fourth-order valence-corrected chi connectivity index (χ4v) is 2.95. The largest absolute Gasteiger partial charge is 0.334 e. The van der Waals surface area contributed by atoms with Crippen LogP contribution in [0, 0.1) is 6.92 Å². The molecule has 1 aromatic carbocycles. The molecule has 1 N–H and O–H groups in total. The monoisotopic (exact) mass is 318 g/mol. The number of benzene rings is 1. The van der Waals surface area contributed by atoms with Gasteiger partial charge in [0.2, 0.25) is 0 Å². The van der Waals surface area contributed by atoms with Crippen molar-refractivity contribution in [1.82, 2.24) is 24.7 Å². The number of nitrogens with zero attached hydrogens (tertiary/aromatic N) is 5. The average Bonchev–Trinajstić information content (AvgIpc) is 3.24. The average molecular weight is 318 g/mol. The Hall–Kier alpha value is -3.15. The van der Waals surface area contributed by atoms with Crippen molar-refractivity contribution in [1.29, 1.82) is 0 Å². The molecule has 0 fully saturated rings. The summed E-state index contributed by atoms with van der Waals surface area (Å²) in [4.78, 5) is 11.0. The zero-order valence-corrected chi connectivity index (χ0v) is 13.9. The number of fused-ring (bicyclic) bond motifs is 1. The van der Waals surface area contributed by atoms with Gasteiger partial charge in [-0.15, -0.1) is 0 Å². The van der Waals surface area contributed by atoms with E-state index in [-0.39, 0.29) is 0 Å². The van der Waals surface area contributed by atoms with Crippen molar-refractivity contribution in [3.63, 3.8) is 0 Å². The van der Waals surface area contributed by atoms with Gasteiger partial charge in [0.1, 0.15) is 11.3 Å². The van der Waals surface area contributed by atoms with Crippen LogP contribution < -0.4 is 4.90 Å². The first kappa shape index (κ1) is 14.4. The Labute approximate surface area is 139 Å². The number of pyridine rings is 1. The second-order valence-electron chi connectivity index (χ2n) is 5.93. The van der Waals surface area contributed by atoms with E-state index in [1.165, 1.54) is 5.56 Å². The molecule has 0 amide bonds. The number of aromatic amines is 1. The quantitative estimate of drug-likeness (QED) is 0.628. The Morgan fingerprint density at radius 3 is 2.71 bits per heavy atom. The second-order valence-corrected chi connectivity index (χ2v) is 5.93. The van der Waals surface area contributed by atoms with Crippen LogP contribution in [-0.4, -0.2) is 31.8 Å². The highest BCUT2D eigenvalue weighted by Crippen LogP contribution is 2.30. The van der Waals surface area contributed by atoms with Crippen LogP contribution in [0.2, 0.25) is 0 Å². The summed E-state index contributed by atoms with van der Waals surface area (Å²) in [5.74, 6) is 0.894. The molecule has 24 heavy (non-hydrogen) atoms. The number of anilines is 2. The van der Waals surface area contributed by atoms with Crippen LogP contribution >= 0.6 is 0 Å². The van der Waals surface area contributed by atoms with Crippen LogP contribution in [-0.2, 0) is 7.05 Å². The maximum absolute atomic E-state index is 4.55. The van der Waals surface area contributed by atoms with Crippen LogP contribution in [0.4, 0.5) is 11.5 Å². The fraction of sp³-hybridized carbons (Fsp3) is 0.167. The van der Waals surface area contributed by atoms with Crippen LogP contribution in [0.1, 0.15) is 5.56 Å². The Morgan fingerprint density at radius 1 is 1.08 bits per heavy atom. The number of H-pyrrole nitrogens is 1. The highest BCUT2D eigenvalue weighted by atomic mass is 15.2. The molecule has 0 bridgehead atoms. The minimum Gasteiger partial charge on any atom is -0.334 e. The Balaban J connectivity index is 1.72. The van der Waals surface area contributed by atoms with Crippen molar-refractivity contribution >= 4 is 22.5 Å². The molecule has 3 aromatic heterocycles. The summed E-state index contributed by atoms with van der Waals surface area (Å²) in [6.07, 6.45) is 7.35. The highest BCUT2D eigenvalue weighted by Gasteiger charge is 2.11.